The average Bonchev–Trinajstić information content (AvgIpc) is 3.19. The first kappa shape index (κ1) is 23.9. The summed E-state index contributed by atoms with van der Waals surface area (Å²) in [6.45, 7) is 7.02. The highest BCUT2D eigenvalue weighted by Crippen LogP contribution is 2.43. The van der Waals surface area contributed by atoms with Gasteiger partial charge in [0, 0.05) is 30.0 Å². The van der Waals surface area contributed by atoms with Gasteiger partial charge in [0.25, 0.3) is 0 Å². The first-order valence-electron chi connectivity index (χ1n) is 11.3. The van der Waals surface area contributed by atoms with Gasteiger partial charge in [-0.3, -0.25) is 9.63 Å². The van der Waals surface area contributed by atoms with Crippen LogP contribution in [-0.2, 0) is 16.2 Å². The third-order valence-electron chi connectivity index (χ3n) is 6.99. The molecule has 1 aromatic rings. The van der Waals surface area contributed by atoms with Gasteiger partial charge < -0.3 is 14.7 Å². The van der Waals surface area contributed by atoms with Gasteiger partial charge >= 0.3 is 0 Å². The van der Waals surface area contributed by atoms with Crippen molar-refractivity contribution < 1.29 is 19.5 Å². The maximum Gasteiger partial charge on any atom is 0.248 e. The van der Waals surface area contributed by atoms with Gasteiger partial charge in [0.05, 0.1) is 20.3 Å². The first-order valence-corrected chi connectivity index (χ1v) is 11.3. The van der Waals surface area contributed by atoms with E-state index in [0.717, 1.165) is 49.1 Å². The van der Waals surface area contributed by atoms with Crippen LogP contribution >= 0.6 is 0 Å². The number of methoxy groups -OCH3 is 1. The summed E-state index contributed by atoms with van der Waals surface area (Å²) in [5, 5.41) is 11.5. The lowest BCUT2D eigenvalue weighted by Crippen LogP contribution is -2.38. The minimum atomic E-state index is -0.142. The van der Waals surface area contributed by atoms with Crippen LogP contribution in [0.15, 0.2) is 23.2 Å². The minimum absolute atomic E-state index is 0.0347. The fraction of sp³-hybridized carbons (Fsp3) is 0.667. The fourth-order valence-corrected chi connectivity index (χ4v) is 5.16. The summed E-state index contributed by atoms with van der Waals surface area (Å²) in [6, 6.07) is 6.55. The van der Waals surface area contributed by atoms with Gasteiger partial charge in [0.15, 0.2) is 0 Å². The molecule has 3 unspecified atom stereocenters. The molecule has 0 aromatic heterocycles. The van der Waals surface area contributed by atoms with Crippen molar-refractivity contribution in [3.63, 3.8) is 0 Å². The zero-order chi connectivity index (χ0) is 22.5. The molecule has 1 N–H and O–H groups in total. The molecule has 1 aromatic carbocycles. The number of para-hydroxylation sites is 1. The molecule has 2 fully saturated rings. The molecule has 1 amide bonds. The summed E-state index contributed by atoms with van der Waals surface area (Å²) >= 11 is 0. The number of aliphatic imine (C=N–C) groups is 1. The van der Waals surface area contributed by atoms with Crippen molar-refractivity contribution in [1.82, 2.24) is 9.96 Å². The van der Waals surface area contributed by atoms with Crippen LogP contribution in [0.1, 0.15) is 49.7 Å². The van der Waals surface area contributed by atoms with E-state index in [1.54, 1.807) is 7.11 Å². The molecule has 0 radical (unpaired) electrons. The van der Waals surface area contributed by atoms with Gasteiger partial charge in [-0.15, -0.1) is 0 Å². The van der Waals surface area contributed by atoms with Gasteiger partial charge in [0.2, 0.25) is 5.91 Å². The van der Waals surface area contributed by atoms with Crippen LogP contribution in [0.5, 0.6) is 5.75 Å². The number of benzene rings is 1. The zero-order valence-corrected chi connectivity index (χ0v) is 19.3. The van der Waals surface area contributed by atoms with Crippen LogP contribution in [0.3, 0.4) is 0 Å². The zero-order valence-electron chi connectivity index (χ0n) is 19.3. The third kappa shape index (κ3) is 5.34. The normalized spacial score (nSPS) is 29.3. The molecule has 2 aliphatic rings. The summed E-state index contributed by atoms with van der Waals surface area (Å²) in [5.41, 5.74) is 2.20. The number of aliphatic hydroxyl groups is 1. The molecule has 1 aliphatic carbocycles. The lowest BCUT2D eigenvalue weighted by Gasteiger charge is -2.37. The van der Waals surface area contributed by atoms with Crippen LogP contribution in [0.25, 0.3) is 0 Å². The quantitative estimate of drug-likeness (QED) is 0.638. The molecule has 1 aliphatic heterocycles. The number of hydroxylamine groups is 2. The lowest BCUT2D eigenvalue weighted by atomic mass is 9.74. The Hall–Kier alpha value is -1.80. The Labute approximate surface area is 186 Å². The van der Waals surface area contributed by atoms with E-state index >= 15 is 0 Å². The number of hydrogen-bond acceptors (Lipinski definition) is 6. The highest BCUT2D eigenvalue weighted by Gasteiger charge is 2.36. The van der Waals surface area contributed by atoms with E-state index in [-0.39, 0.29) is 30.5 Å². The number of nitrogens with zero attached hydrogens (tertiary/aromatic N) is 3. The molecule has 31 heavy (non-hydrogen) atoms. The Morgan fingerprint density at radius 1 is 1.35 bits per heavy atom. The maximum atomic E-state index is 12.4. The third-order valence-corrected chi connectivity index (χ3v) is 6.99. The van der Waals surface area contributed by atoms with E-state index in [4.69, 9.17) is 9.57 Å². The van der Waals surface area contributed by atoms with Crippen LogP contribution in [0.4, 0.5) is 0 Å². The second-order valence-corrected chi connectivity index (χ2v) is 9.07. The number of aliphatic hydroxyl groups excluding tert-OH is 1. The number of amides is 1. The second kappa shape index (κ2) is 10.7. The van der Waals surface area contributed by atoms with Crippen LogP contribution < -0.4 is 4.74 Å². The summed E-state index contributed by atoms with van der Waals surface area (Å²) in [7, 11) is 5.84. The fourth-order valence-electron chi connectivity index (χ4n) is 5.16. The number of ether oxygens (including phenoxy) is 1. The molecule has 1 heterocycles. The smallest absolute Gasteiger partial charge is 0.248 e. The second-order valence-electron chi connectivity index (χ2n) is 9.07. The average molecular weight is 432 g/mol. The number of hydrogen-bond donors (Lipinski definition) is 1. The molecule has 7 heteroatoms. The van der Waals surface area contributed by atoms with E-state index in [1.807, 2.05) is 5.06 Å². The molecule has 3 rings (SSSR count). The van der Waals surface area contributed by atoms with E-state index < -0.39 is 0 Å². The Morgan fingerprint density at radius 2 is 2.13 bits per heavy atom. The highest BCUT2D eigenvalue weighted by molar-refractivity contribution is 5.83. The van der Waals surface area contributed by atoms with Crippen molar-refractivity contribution in [1.29, 1.82) is 0 Å². The first-order chi connectivity index (χ1) is 14.9. The molecule has 0 spiro atoms. The Bertz CT molecular complexity index is 757. The molecule has 1 saturated heterocycles. The van der Waals surface area contributed by atoms with Crippen molar-refractivity contribution in [2.24, 2.45) is 16.8 Å². The number of carbonyl (C=O) groups is 1. The van der Waals surface area contributed by atoms with Gasteiger partial charge in [0.1, 0.15) is 11.9 Å². The van der Waals surface area contributed by atoms with Crippen molar-refractivity contribution in [3.05, 3.63) is 29.3 Å². The summed E-state index contributed by atoms with van der Waals surface area (Å²) < 4.78 is 5.90. The SMILES string of the molecule is C=NC(=O)C1CC(c2cccc(CN3C[C@@H](CC)[C@H](CO)O3)c2OC)CC(N(C)C)C1. The predicted molar refractivity (Wildman–Crippen MR) is 121 cm³/mol. The standard InChI is InChI=1S/C24H37N3O4/c1-6-16-13-27(31-22(16)15-28)14-17-8-7-9-21(23(17)30-5)18-10-19(24(29)25-2)12-20(11-18)26(3)4/h7-9,16,18-20,22,28H,2,6,10-15H2,1,3-5H3/t16-,18?,19?,20?,22+/m1/s1. The largest absolute Gasteiger partial charge is 0.496 e. The summed E-state index contributed by atoms with van der Waals surface area (Å²) in [5.74, 6) is 1.18. The summed E-state index contributed by atoms with van der Waals surface area (Å²) in [4.78, 5) is 24.2. The van der Waals surface area contributed by atoms with E-state index in [9.17, 15) is 9.90 Å². The van der Waals surface area contributed by atoms with Crippen LogP contribution in [0, 0.1) is 11.8 Å². The summed E-state index contributed by atoms with van der Waals surface area (Å²) in [6.07, 6.45) is 3.37. The van der Waals surface area contributed by atoms with E-state index in [0.29, 0.717) is 18.5 Å². The van der Waals surface area contributed by atoms with Crippen LogP contribution in [-0.4, -0.2) is 74.2 Å². The van der Waals surface area contributed by atoms with Crippen molar-refractivity contribution >= 4 is 12.6 Å². The van der Waals surface area contributed by atoms with Gasteiger partial charge in [-0.2, -0.15) is 5.06 Å². The highest BCUT2D eigenvalue weighted by atomic mass is 16.7. The topological polar surface area (TPSA) is 74.6 Å². The predicted octanol–water partition coefficient (Wildman–Crippen LogP) is 2.87. The number of carbonyl (C=O) groups excluding carboxylic acids is 1. The van der Waals surface area contributed by atoms with Crippen LogP contribution in [0.2, 0.25) is 0 Å². The molecule has 7 nitrogen and oxygen atoms in total. The van der Waals surface area contributed by atoms with Gasteiger partial charge in [-0.05, 0) is 58.0 Å². The van der Waals surface area contributed by atoms with Crippen molar-refractivity contribution in [2.75, 3.05) is 34.4 Å². The Morgan fingerprint density at radius 3 is 2.71 bits per heavy atom. The minimum Gasteiger partial charge on any atom is -0.496 e. The van der Waals surface area contributed by atoms with Crippen molar-refractivity contribution in [2.45, 2.75) is 57.2 Å². The number of rotatable bonds is 8. The van der Waals surface area contributed by atoms with Gasteiger partial charge in [-0.1, -0.05) is 25.1 Å². The maximum absolute atomic E-state index is 12.4. The Balaban J connectivity index is 1.84. The van der Waals surface area contributed by atoms with Gasteiger partial charge in [-0.25, -0.2) is 4.99 Å². The molecule has 0 bridgehead atoms. The molecule has 1 saturated carbocycles. The van der Waals surface area contributed by atoms with Crippen molar-refractivity contribution in [3.8, 4) is 5.75 Å². The van der Waals surface area contributed by atoms with E-state index in [1.165, 1.54) is 0 Å². The molecule has 5 atom stereocenters. The molecule has 172 valence electrons. The van der Waals surface area contributed by atoms with E-state index in [2.05, 4.69) is 55.8 Å². The molecular formula is C24H37N3O4. The molecular weight excluding hydrogens is 394 g/mol. The monoisotopic (exact) mass is 431 g/mol. The lowest BCUT2D eigenvalue weighted by molar-refractivity contribution is -0.163. The Kier molecular flexibility index (Phi) is 8.22.